The number of benzene rings is 3. The zero-order valence-corrected chi connectivity index (χ0v) is 15.7. The Labute approximate surface area is 165 Å². The van der Waals surface area contributed by atoms with Gasteiger partial charge in [-0.05, 0) is 41.1 Å². The van der Waals surface area contributed by atoms with Gasteiger partial charge in [-0.15, -0.1) is 0 Å². The summed E-state index contributed by atoms with van der Waals surface area (Å²) in [6, 6.07) is 19.3. The number of carboxylic acids is 1. The summed E-state index contributed by atoms with van der Waals surface area (Å²) in [6.45, 7) is -0.456. The molecular formula is C19H13N2NaO3. The summed E-state index contributed by atoms with van der Waals surface area (Å²) in [7, 11) is 0. The van der Waals surface area contributed by atoms with Crippen molar-refractivity contribution in [1.82, 2.24) is 9.97 Å². The normalized spacial score (nSPS) is 10.6. The molecule has 4 rings (SSSR count). The third-order valence-corrected chi connectivity index (χ3v) is 3.83. The van der Waals surface area contributed by atoms with Gasteiger partial charge in [-0.25, -0.2) is 4.98 Å². The van der Waals surface area contributed by atoms with Gasteiger partial charge in [0.2, 0.25) is 0 Å². The predicted octanol–water partition coefficient (Wildman–Crippen LogP) is -0.484. The van der Waals surface area contributed by atoms with Gasteiger partial charge in [0.25, 0.3) is 0 Å². The van der Waals surface area contributed by atoms with Crippen LogP contribution < -0.4 is 39.4 Å². The summed E-state index contributed by atoms with van der Waals surface area (Å²) in [5.41, 5.74) is 2.92. The van der Waals surface area contributed by atoms with Crippen molar-refractivity contribution in [1.29, 1.82) is 0 Å². The van der Waals surface area contributed by atoms with Crippen molar-refractivity contribution >= 4 is 27.8 Å². The molecule has 6 heteroatoms. The Bertz CT molecular complexity index is 1030. The van der Waals surface area contributed by atoms with Crippen molar-refractivity contribution in [2.24, 2.45) is 0 Å². The first-order valence-corrected chi connectivity index (χ1v) is 7.51. The molecule has 0 fully saturated rings. The molecule has 0 spiro atoms. The van der Waals surface area contributed by atoms with E-state index in [2.05, 4.69) is 9.97 Å². The van der Waals surface area contributed by atoms with E-state index < -0.39 is 12.6 Å². The van der Waals surface area contributed by atoms with Gasteiger partial charge in [-0.2, -0.15) is 0 Å². The molecular weight excluding hydrogens is 327 g/mol. The van der Waals surface area contributed by atoms with E-state index in [1.807, 2.05) is 48.5 Å². The van der Waals surface area contributed by atoms with Gasteiger partial charge in [-0.3, -0.25) is 0 Å². The molecule has 1 N–H and O–H groups in total. The Balaban J connectivity index is 0.00000182. The van der Waals surface area contributed by atoms with E-state index >= 15 is 0 Å². The number of carbonyl (C=O) groups excluding carboxylic acids is 1. The second kappa shape index (κ2) is 7.27. The topological polar surface area (TPSA) is 78.0 Å². The second-order valence-corrected chi connectivity index (χ2v) is 5.49. The molecule has 0 amide bonds. The molecule has 3 aromatic carbocycles. The number of para-hydroxylation sites is 2. The number of aromatic amines is 1. The molecule has 0 saturated heterocycles. The van der Waals surface area contributed by atoms with Crippen LogP contribution in [0.15, 0.2) is 60.7 Å². The molecule has 0 radical (unpaired) electrons. The van der Waals surface area contributed by atoms with Gasteiger partial charge in [0.1, 0.15) is 18.2 Å². The van der Waals surface area contributed by atoms with Gasteiger partial charge in [-0.1, -0.05) is 30.3 Å². The summed E-state index contributed by atoms with van der Waals surface area (Å²) < 4.78 is 5.15. The van der Waals surface area contributed by atoms with Gasteiger partial charge in [0.05, 0.1) is 17.0 Å². The molecule has 118 valence electrons. The molecule has 0 aliphatic rings. The van der Waals surface area contributed by atoms with E-state index in [0.717, 1.165) is 33.2 Å². The summed E-state index contributed by atoms with van der Waals surface area (Å²) in [5.74, 6) is 0.0777. The van der Waals surface area contributed by atoms with Crippen molar-refractivity contribution in [3.05, 3.63) is 60.7 Å². The maximum Gasteiger partial charge on any atom is 1.00 e. The largest absolute Gasteiger partial charge is 1.00 e. The fourth-order valence-corrected chi connectivity index (χ4v) is 2.69. The number of nitrogens with one attached hydrogen (secondary N) is 1. The maximum atomic E-state index is 10.5. The van der Waals surface area contributed by atoms with Crippen LogP contribution >= 0.6 is 0 Å². The Morgan fingerprint density at radius 2 is 1.80 bits per heavy atom. The van der Waals surface area contributed by atoms with Crippen LogP contribution in [0.1, 0.15) is 0 Å². The number of H-pyrrole nitrogens is 1. The average molecular weight is 340 g/mol. The number of hydrogen-bond acceptors (Lipinski definition) is 4. The third kappa shape index (κ3) is 3.69. The molecule has 0 saturated carbocycles. The molecule has 0 atom stereocenters. The number of aromatic nitrogens is 2. The smallest absolute Gasteiger partial charge is 0.546 e. The Hall–Kier alpha value is -2.34. The minimum absolute atomic E-state index is 0. The SMILES string of the molecule is O=C([O-])COc1ccc2cc(-c3nc4ccccc4[nH]3)ccc2c1.[Na+]. The van der Waals surface area contributed by atoms with Crippen LogP contribution in [0.4, 0.5) is 0 Å². The van der Waals surface area contributed by atoms with E-state index in [9.17, 15) is 9.90 Å². The number of rotatable bonds is 4. The number of imidazole rings is 1. The first-order valence-electron chi connectivity index (χ1n) is 7.51. The first-order chi connectivity index (χ1) is 11.7. The van der Waals surface area contributed by atoms with Crippen LogP contribution in [0.3, 0.4) is 0 Å². The zero-order valence-electron chi connectivity index (χ0n) is 13.7. The molecule has 1 aromatic heterocycles. The molecule has 0 bridgehead atoms. The van der Waals surface area contributed by atoms with Gasteiger partial charge in [0, 0.05) is 5.56 Å². The van der Waals surface area contributed by atoms with E-state index in [4.69, 9.17) is 4.74 Å². The fraction of sp³-hybridized carbons (Fsp3) is 0.0526. The van der Waals surface area contributed by atoms with E-state index in [1.165, 1.54) is 0 Å². The summed E-state index contributed by atoms with van der Waals surface area (Å²) in [4.78, 5) is 18.4. The molecule has 25 heavy (non-hydrogen) atoms. The monoisotopic (exact) mass is 340 g/mol. The molecule has 0 unspecified atom stereocenters. The van der Waals surface area contributed by atoms with Gasteiger partial charge >= 0.3 is 29.6 Å². The molecule has 5 nitrogen and oxygen atoms in total. The average Bonchev–Trinajstić information content (AvgIpc) is 3.03. The van der Waals surface area contributed by atoms with E-state index in [1.54, 1.807) is 12.1 Å². The number of ether oxygens (including phenoxy) is 1. The van der Waals surface area contributed by atoms with Crippen molar-refractivity contribution in [3.63, 3.8) is 0 Å². The minimum atomic E-state index is -1.24. The zero-order chi connectivity index (χ0) is 16.5. The van der Waals surface area contributed by atoms with Crippen LogP contribution in [-0.4, -0.2) is 22.5 Å². The van der Waals surface area contributed by atoms with Crippen molar-refractivity contribution < 1.29 is 44.2 Å². The summed E-state index contributed by atoms with van der Waals surface area (Å²) in [6.07, 6.45) is 0. The summed E-state index contributed by atoms with van der Waals surface area (Å²) in [5, 5.41) is 12.5. The molecule has 1 heterocycles. The Morgan fingerprint density at radius 3 is 2.60 bits per heavy atom. The van der Waals surface area contributed by atoms with Crippen molar-refractivity contribution in [3.8, 4) is 17.1 Å². The number of carbonyl (C=O) groups is 1. The van der Waals surface area contributed by atoms with Crippen LogP contribution in [-0.2, 0) is 4.79 Å². The van der Waals surface area contributed by atoms with Crippen molar-refractivity contribution in [2.75, 3.05) is 6.61 Å². The number of aliphatic carboxylic acids is 1. The molecule has 4 aromatic rings. The van der Waals surface area contributed by atoms with Crippen LogP contribution in [0.5, 0.6) is 5.75 Å². The number of fused-ring (bicyclic) bond motifs is 2. The summed E-state index contributed by atoms with van der Waals surface area (Å²) >= 11 is 0. The maximum absolute atomic E-state index is 10.5. The number of carboxylic acid groups (broad SMARTS) is 1. The van der Waals surface area contributed by atoms with Crippen LogP contribution in [0, 0.1) is 0 Å². The third-order valence-electron chi connectivity index (χ3n) is 3.83. The standard InChI is InChI=1S/C19H14N2O3.Na/c22-18(23)11-24-15-8-7-12-9-14(6-5-13(12)10-15)19-20-16-3-1-2-4-17(16)21-19;/h1-10H,11H2,(H,20,21)(H,22,23);/q;+1/p-1. The molecule has 0 aliphatic heterocycles. The van der Waals surface area contributed by atoms with E-state index in [0.29, 0.717) is 5.75 Å². The minimum Gasteiger partial charge on any atom is -0.546 e. The van der Waals surface area contributed by atoms with Gasteiger partial charge < -0.3 is 19.6 Å². The second-order valence-electron chi connectivity index (χ2n) is 5.49. The van der Waals surface area contributed by atoms with Crippen molar-refractivity contribution in [2.45, 2.75) is 0 Å². The predicted molar refractivity (Wildman–Crippen MR) is 89.5 cm³/mol. The Kier molecular flexibility index (Phi) is 5.08. The fourth-order valence-electron chi connectivity index (χ4n) is 2.69. The first kappa shape index (κ1) is 17.5. The van der Waals surface area contributed by atoms with E-state index in [-0.39, 0.29) is 29.6 Å². The number of hydrogen-bond donors (Lipinski definition) is 1. The number of nitrogens with zero attached hydrogens (tertiary/aromatic N) is 1. The Morgan fingerprint density at radius 1 is 1.04 bits per heavy atom. The van der Waals surface area contributed by atoms with Crippen LogP contribution in [0.2, 0.25) is 0 Å². The van der Waals surface area contributed by atoms with Gasteiger partial charge in [0.15, 0.2) is 0 Å². The molecule has 0 aliphatic carbocycles. The van der Waals surface area contributed by atoms with Crippen LogP contribution in [0.25, 0.3) is 33.2 Å². The quantitative estimate of drug-likeness (QED) is 0.509.